The van der Waals surface area contributed by atoms with Gasteiger partial charge in [0, 0.05) is 43.2 Å². The predicted octanol–water partition coefficient (Wildman–Crippen LogP) is 3.22. The number of carbonyl (C=O) groups excluding carboxylic acids is 1. The van der Waals surface area contributed by atoms with Crippen LogP contribution in [0.5, 0.6) is 0 Å². The Hall–Kier alpha value is -3.33. The molecule has 1 fully saturated rings. The van der Waals surface area contributed by atoms with Crippen LogP contribution in [-0.4, -0.2) is 62.6 Å². The molecule has 158 valence electrons. The van der Waals surface area contributed by atoms with Crippen LogP contribution in [0.2, 0.25) is 0 Å². The van der Waals surface area contributed by atoms with Crippen LogP contribution in [0.15, 0.2) is 70.2 Å². The van der Waals surface area contributed by atoms with Gasteiger partial charge in [0.25, 0.3) is 0 Å². The number of hydrogen-bond donors (Lipinski definition) is 0. The number of hydrogen-bond acceptors (Lipinski definition) is 7. The van der Waals surface area contributed by atoms with Crippen molar-refractivity contribution in [2.45, 2.75) is 11.3 Å². The van der Waals surface area contributed by atoms with E-state index in [2.05, 4.69) is 27.2 Å². The van der Waals surface area contributed by atoms with Gasteiger partial charge in [-0.2, -0.15) is 4.52 Å². The highest BCUT2D eigenvalue weighted by Gasteiger charge is 2.22. The van der Waals surface area contributed by atoms with Crippen LogP contribution in [-0.2, 0) is 4.79 Å². The van der Waals surface area contributed by atoms with Crippen molar-refractivity contribution in [2.24, 2.45) is 0 Å². The average Bonchev–Trinajstić information content (AvgIpc) is 3.49. The van der Waals surface area contributed by atoms with Crippen molar-refractivity contribution in [3.05, 3.63) is 60.9 Å². The number of carbonyl (C=O) groups is 1. The van der Waals surface area contributed by atoms with Gasteiger partial charge in [0.15, 0.2) is 11.4 Å². The molecule has 3 aromatic heterocycles. The van der Waals surface area contributed by atoms with Gasteiger partial charge in [-0.15, -0.1) is 27.1 Å². The first kappa shape index (κ1) is 19.6. The summed E-state index contributed by atoms with van der Waals surface area (Å²) >= 11 is 1.72. The number of thioether (sulfide) groups is 1. The van der Waals surface area contributed by atoms with Crippen molar-refractivity contribution in [3.8, 4) is 11.6 Å². The quantitative estimate of drug-likeness (QED) is 0.431. The SMILES string of the molecule is O=C(CCSc1ccccc1)N1CCN(c2ccc3nnc(-c4ccco4)n3n2)CC1. The first-order valence-corrected chi connectivity index (χ1v) is 11.2. The van der Waals surface area contributed by atoms with E-state index in [0.29, 0.717) is 36.7 Å². The fourth-order valence-electron chi connectivity index (χ4n) is 3.62. The van der Waals surface area contributed by atoms with Gasteiger partial charge < -0.3 is 14.2 Å². The molecule has 0 spiro atoms. The number of furan rings is 1. The van der Waals surface area contributed by atoms with E-state index in [0.717, 1.165) is 24.7 Å². The van der Waals surface area contributed by atoms with E-state index in [4.69, 9.17) is 9.52 Å². The summed E-state index contributed by atoms with van der Waals surface area (Å²) in [5.41, 5.74) is 0.667. The molecule has 0 saturated carbocycles. The van der Waals surface area contributed by atoms with Crippen molar-refractivity contribution in [3.63, 3.8) is 0 Å². The van der Waals surface area contributed by atoms with E-state index in [1.54, 1.807) is 22.5 Å². The zero-order chi connectivity index (χ0) is 21.0. The molecule has 1 aliphatic heterocycles. The molecule has 5 rings (SSSR count). The van der Waals surface area contributed by atoms with Gasteiger partial charge in [0.05, 0.1) is 6.26 Å². The molecule has 1 amide bonds. The topological polar surface area (TPSA) is 79.8 Å². The Balaban J connectivity index is 1.19. The number of nitrogens with zero attached hydrogens (tertiary/aromatic N) is 6. The molecule has 8 nitrogen and oxygen atoms in total. The first-order chi connectivity index (χ1) is 15.3. The lowest BCUT2D eigenvalue weighted by Crippen LogP contribution is -2.49. The molecule has 1 aliphatic rings. The van der Waals surface area contributed by atoms with E-state index >= 15 is 0 Å². The lowest BCUT2D eigenvalue weighted by Gasteiger charge is -2.35. The van der Waals surface area contributed by atoms with Crippen molar-refractivity contribution in [1.29, 1.82) is 0 Å². The lowest BCUT2D eigenvalue weighted by molar-refractivity contribution is -0.131. The van der Waals surface area contributed by atoms with Crippen LogP contribution in [0, 0.1) is 0 Å². The Morgan fingerprint density at radius 2 is 1.81 bits per heavy atom. The van der Waals surface area contributed by atoms with Crippen LogP contribution in [0.1, 0.15) is 6.42 Å². The highest BCUT2D eigenvalue weighted by Crippen LogP contribution is 2.21. The molecule has 9 heteroatoms. The molecule has 0 atom stereocenters. The number of amides is 1. The zero-order valence-electron chi connectivity index (χ0n) is 16.9. The van der Waals surface area contributed by atoms with Crippen LogP contribution in [0.25, 0.3) is 17.2 Å². The minimum Gasteiger partial charge on any atom is -0.461 e. The average molecular weight is 435 g/mol. The minimum absolute atomic E-state index is 0.213. The Kier molecular flexibility index (Phi) is 5.57. The summed E-state index contributed by atoms with van der Waals surface area (Å²) in [5, 5.41) is 13.1. The third-order valence-electron chi connectivity index (χ3n) is 5.27. The maximum Gasteiger partial charge on any atom is 0.223 e. The maximum atomic E-state index is 12.6. The number of aromatic nitrogens is 4. The van der Waals surface area contributed by atoms with Crippen molar-refractivity contribution in [1.82, 2.24) is 24.7 Å². The molecule has 1 aromatic carbocycles. The van der Waals surface area contributed by atoms with Crippen LogP contribution in [0.4, 0.5) is 5.82 Å². The number of rotatable bonds is 6. The van der Waals surface area contributed by atoms with Crippen molar-refractivity contribution < 1.29 is 9.21 Å². The summed E-state index contributed by atoms with van der Waals surface area (Å²) in [6.45, 7) is 2.88. The Morgan fingerprint density at radius 1 is 0.968 bits per heavy atom. The van der Waals surface area contributed by atoms with Gasteiger partial charge in [-0.3, -0.25) is 4.79 Å². The van der Waals surface area contributed by atoms with Gasteiger partial charge in [0.2, 0.25) is 11.7 Å². The molecule has 0 bridgehead atoms. The number of piperazine rings is 1. The predicted molar refractivity (Wildman–Crippen MR) is 119 cm³/mol. The summed E-state index contributed by atoms with van der Waals surface area (Å²) in [7, 11) is 0. The number of benzene rings is 1. The van der Waals surface area contributed by atoms with Gasteiger partial charge >= 0.3 is 0 Å². The standard InChI is InChI=1S/C22H22N6O2S/c29-21(10-16-31-17-5-2-1-3-6-17)27-13-11-26(12-14-27)20-9-8-19-23-24-22(28(19)25-20)18-7-4-15-30-18/h1-9,15H,10-14,16H2. The van der Waals surface area contributed by atoms with Crippen LogP contribution >= 0.6 is 11.8 Å². The van der Waals surface area contributed by atoms with E-state index < -0.39 is 0 Å². The second-order valence-corrected chi connectivity index (χ2v) is 8.41. The molecule has 4 heterocycles. The van der Waals surface area contributed by atoms with E-state index in [1.807, 2.05) is 47.4 Å². The summed E-state index contributed by atoms with van der Waals surface area (Å²) in [5.74, 6) is 3.05. The van der Waals surface area contributed by atoms with E-state index in [1.165, 1.54) is 4.90 Å². The van der Waals surface area contributed by atoms with Gasteiger partial charge in [-0.25, -0.2) is 0 Å². The molecule has 0 radical (unpaired) electrons. The summed E-state index contributed by atoms with van der Waals surface area (Å²) in [6, 6.07) is 17.7. The Morgan fingerprint density at radius 3 is 2.58 bits per heavy atom. The molecule has 4 aromatic rings. The fraction of sp³-hybridized carbons (Fsp3) is 0.273. The summed E-state index contributed by atoms with van der Waals surface area (Å²) < 4.78 is 7.15. The molecule has 1 saturated heterocycles. The third kappa shape index (κ3) is 4.27. The third-order valence-corrected chi connectivity index (χ3v) is 6.29. The number of anilines is 1. The highest BCUT2D eigenvalue weighted by molar-refractivity contribution is 7.99. The maximum absolute atomic E-state index is 12.6. The van der Waals surface area contributed by atoms with Crippen LogP contribution < -0.4 is 4.90 Å². The second kappa shape index (κ2) is 8.81. The molecule has 0 unspecified atom stereocenters. The molecule has 31 heavy (non-hydrogen) atoms. The largest absolute Gasteiger partial charge is 0.461 e. The Labute approximate surface area is 183 Å². The normalized spacial score (nSPS) is 14.3. The Bertz CT molecular complexity index is 1150. The summed E-state index contributed by atoms with van der Waals surface area (Å²) in [6.07, 6.45) is 2.16. The van der Waals surface area contributed by atoms with Gasteiger partial charge in [-0.1, -0.05) is 18.2 Å². The van der Waals surface area contributed by atoms with Gasteiger partial charge in [0.1, 0.15) is 5.82 Å². The van der Waals surface area contributed by atoms with Crippen LogP contribution in [0.3, 0.4) is 0 Å². The molecular weight excluding hydrogens is 412 g/mol. The highest BCUT2D eigenvalue weighted by atomic mass is 32.2. The zero-order valence-corrected chi connectivity index (χ0v) is 17.7. The monoisotopic (exact) mass is 434 g/mol. The van der Waals surface area contributed by atoms with Gasteiger partial charge in [-0.05, 0) is 36.4 Å². The van der Waals surface area contributed by atoms with Crippen molar-refractivity contribution in [2.75, 3.05) is 36.8 Å². The molecule has 0 N–H and O–H groups in total. The van der Waals surface area contributed by atoms with E-state index in [-0.39, 0.29) is 5.91 Å². The van der Waals surface area contributed by atoms with Crippen molar-refractivity contribution >= 4 is 29.1 Å². The fourth-order valence-corrected chi connectivity index (χ4v) is 4.49. The minimum atomic E-state index is 0.213. The molecule has 0 aliphatic carbocycles. The lowest BCUT2D eigenvalue weighted by atomic mass is 10.3. The number of fused-ring (bicyclic) bond motifs is 1. The second-order valence-electron chi connectivity index (χ2n) is 7.24. The first-order valence-electron chi connectivity index (χ1n) is 10.2. The molecular formula is C22H22N6O2S. The summed E-state index contributed by atoms with van der Waals surface area (Å²) in [4.78, 5) is 17.9. The smallest absolute Gasteiger partial charge is 0.223 e. The van der Waals surface area contributed by atoms with E-state index in [9.17, 15) is 4.79 Å².